The molecule has 0 unspecified atom stereocenters. The Morgan fingerprint density at radius 1 is 1.35 bits per heavy atom. The summed E-state index contributed by atoms with van der Waals surface area (Å²) < 4.78 is 14.7. The topological polar surface area (TPSA) is 50.2 Å². The number of amides is 1. The van der Waals surface area contributed by atoms with Gasteiger partial charge in [-0.3, -0.25) is 14.4 Å². The molecule has 6 heteroatoms. The van der Waals surface area contributed by atoms with Crippen molar-refractivity contribution in [1.29, 1.82) is 0 Å². The molecule has 2 aromatic rings. The number of carbonyl (C=O) groups excluding carboxylic acids is 1. The fourth-order valence-corrected chi connectivity index (χ4v) is 2.40. The normalized spacial score (nSPS) is 12.5. The second-order valence-corrected chi connectivity index (χ2v) is 5.88. The lowest BCUT2D eigenvalue weighted by Gasteiger charge is -2.24. The highest BCUT2D eigenvalue weighted by molar-refractivity contribution is 5.95. The van der Waals surface area contributed by atoms with Gasteiger partial charge in [0.15, 0.2) is 0 Å². The second-order valence-electron chi connectivity index (χ2n) is 5.88. The van der Waals surface area contributed by atoms with Crippen LogP contribution >= 0.6 is 0 Å². The minimum Gasteiger partial charge on any atom is -0.322 e. The van der Waals surface area contributed by atoms with Gasteiger partial charge in [-0.25, -0.2) is 4.39 Å². The molecule has 0 spiro atoms. The van der Waals surface area contributed by atoms with Crippen LogP contribution < -0.4 is 5.32 Å². The number of nitrogens with zero attached hydrogens (tertiary/aromatic N) is 3. The van der Waals surface area contributed by atoms with Gasteiger partial charge in [-0.15, -0.1) is 0 Å². The van der Waals surface area contributed by atoms with Gasteiger partial charge in [-0.2, -0.15) is 5.10 Å². The van der Waals surface area contributed by atoms with E-state index in [1.165, 1.54) is 12.1 Å². The number of benzene rings is 1. The van der Waals surface area contributed by atoms with E-state index in [1.54, 1.807) is 16.8 Å². The average Bonchev–Trinajstić information content (AvgIpc) is 2.75. The van der Waals surface area contributed by atoms with E-state index in [1.807, 2.05) is 39.8 Å². The molecule has 0 aliphatic rings. The molecule has 1 heterocycles. The van der Waals surface area contributed by atoms with E-state index in [4.69, 9.17) is 0 Å². The number of rotatable bonds is 5. The molecule has 124 valence electrons. The Morgan fingerprint density at radius 3 is 2.48 bits per heavy atom. The summed E-state index contributed by atoms with van der Waals surface area (Å²) in [6.07, 6.45) is 0. The van der Waals surface area contributed by atoms with Gasteiger partial charge in [-0.05, 0) is 45.5 Å². The van der Waals surface area contributed by atoms with Gasteiger partial charge >= 0.3 is 0 Å². The summed E-state index contributed by atoms with van der Waals surface area (Å²) in [5, 5.41) is 7.25. The Bertz CT molecular complexity index is 693. The van der Waals surface area contributed by atoms with Crippen molar-refractivity contribution in [1.82, 2.24) is 14.7 Å². The predicted molar refractivity (Wildman–Crippen MR) is 88.6 cm³/mol. The van der Waals surface area contributed by atoms with Gasteiger partial charge in [0.05, 0.1) is 23.1 Å². The Kier molecular flexibility index (Phi) is 5.15. The van der Waals surface area contributed by atoms with Crippen LogP contribution in [0.1, 0.15) is 23.9 Å². The highest BCUT2D eigenvalue weighted by atomic mass is 19.1. The lowest BCUT2D eigenvalue weighted by Crippen LogP contribution is -2.39. The molecule has 2 rings (SSSR count). The standard InChI is InChI=1S/C17H23FN4O/c1-11-16(12(2)22(5)20-11)19-17(23)13(3)21(4)10-14-6-8-15(18)9-7-14/h6-9,13H,10H2,1-5H3,(H,19,23)/t13-/m0/s1. The number of hydrogen-bond acceptors (Lipinski definition) is 3. The zero-order chi connectivity index (χ0) is 17.1. The first-order valence-electron chi connectivity index (χ1n) is 7.55. The second kappa shape index (κ2) is 6.91. The third-order valence-electron chi connectivity index (χ3n) is 4.14. The van der Waals surface area contributed by atoms with Crippen LogP contribution in [0.5, 0.6) is 0 Å². The molecule has 23 heavy (non-hydrogen) atoms. The van der Waals surface area contributed by atoms with Crippen molar-refractivity contribution < 1.29 is 9.18 Å². The molecule has 0 saturated heterocycles. The molecule has 5 nitrogen and oxygen atoms in total. The number of aryl methyl sites for hydroxylation is 2. The first-order valence-corrected chi connectivity index (χ1v) is 7.55. The van der Waals surface area contributed by atoms with Crippen LogP contribution in [0, 0.1) is 19.7 Å². The van der Waals surface area contributed by atoms with Crippen LogP contribution in [0.25, 0.3) is 0 Å². The van der Waals surface area contributed by atoms with Crippen LogP contribution in [0.3, 0.4) is 0 Å². The number of nitrogens with one attached hydrogen (secondary N) is 1. The summed E-state index contributed by atoms with van der Waals surface area (Å²) in [6.45, 7) is 6.21. The number of carbonyl (C=O) groups is 1. The summed E-state index contributed by atoms with van der Waals surface area (Å²) in [5.74, 6) is -0.349. The molecule has 0 radical (unpaired) electrons. The SMILES string of the molecule is Cc1nn(C)c(C)c1NC(=O)[C@H](C)N(C)Cc1ccc(F)cc1. The first-order chi connectivity index (χ1) is 10.8. The van der Waals surface area contributed by atoms with Gasteiger partial charge in [0.2, 0.25) is 5.91 Å². The minimum absolute atomic E-state index is 0.0891. The molecule has 0 aliphatic heterocycles. The molecular weight excluding hydrogens is 295 g/mol. The fourth-order valence-electron chi connectivity index (χ4n) is 2.40. The maximum Gasteiger partial charge on any atom is 0.241 e. The molecule has 0 saturated carbocycles. The Labute approximate surface area is 136 Å². The summed E-state index contributed by atoms with van der Waals surface area (Å²) in [7, 11) is 3.72. The maximum atomic E-state index is 12.9. The molecular formula is C17H23FN4O. The number of anilines is 1. The lowest BCUT2D eigenvalue weighted by molar-refractivity contribution is -0.120. The molecule has 1 N–H and O–H groups in total. The largest absolute Gasteiger partial charge is 0.322 e. The number of hydrogen-bond donors (Lipinski definition) is 1. The van der Waals surface area contributed by atoms with Crippen molar-refractivity contribution in [2.75, 3.05) is 12.4 Å². The zero-order valence-corrected chi connectivity index (χ0v) is 14.2. The van der Waals surface area contributed by atoms with Crippen LogP contribution in [-0.4, -0.2) is 33.7 Å². The zero-order valence-electron chi connectivity index (χ0n) is 14.2. The smallest absolute Gasteiger partial charge is 0.241 e. The van der Waals surface area contributed by atoms with Gasteiger partial charge in [0.1, 0.15) is 5.82 Å². The Hall–Kier alpha value is -2.21. The number of aromatic nitrogens is 2. The first kappa shape index (κ1) is 17.1. The Balaban J connectivity index is 2.02. The third kappa shape index (κ3) is 3.96. The van der Waals surface area contributed by atoms with Crippen molar-refractivity contribution in [2.24, 2.45) is 7.05 Å². The third-order valence-corrected chi connectivity index (χ3v) is 4.14. The van der Waals surface area contributed by atoms with E-state index in [9.17, 15) is 9.18 Å². The maximum absolute atomic E-state index is 12.9. The van der Waals surface area contributed by atoms with Crippen molar-refractivity contribution in [3.63, 3.8) is 0 Å². The Morgan fingerprint density at radius 2 is 1.96 bits per heavy atom. The van der Waals surface area contributed by atoms with Crippen molar-refractivity contribution in [2.45, 2.75) is 33.4 Å². The van der Waals surface area contributed by atoms with E-state index in [0.29, 0.717) is 6.54 Å². The van der Waals surface area contributed by atoms with E-state index in [2.05, 4.69) is 10.4 Å². The average molecular weight is 318 g/mol. The molecule has 1 amide bonds. The number of likely N-dealkylation sites (N-methyl/N-ethyl adjacent to an activating group) is 1. The van der Waals surface area contributed by atoms with Gasteiger partial charge in [0.25, 0.3) is 0 Å². The van der Waals surface area contributed by atoms with Gasteiger partial charge < -0.3 is 5.32 Å². The van der Waals surface area contributed by atoms with Crippen LogP contribution in [0.4, 0.5) is 10.1 Å². The summed E-state index contributed by atoms with van der Waals surface area (Å²) in [4.78, 5) is 14.4. The van der Waals surface area contributed by atoms with Crippen molar-refractivity contribution in [3.05, 3.63) is 47.0 Å². The molecule has 1 atom stereocenters. The molecule has 1 aromatic carbocycles. The summed E-state index contributed by atoms with van der Waals surface area (Å²) in [5.41, 5.74) is 3.44. The van der Waals surface area contributed by atoms with Crippen molar-refractivity contribution >= 4 is 11.6 Å². The molecule has 0 bridgehead atoms. The van der Waals surface area contributed by atoms with E-state index in [0.717, 1.165) is 22.6 Å². The summed E-state index contributed by atoms with van der Waals surface area (Å²) in [6, 6.07) is 5.99. The summed E-state index contributed by atoms with van der Waals surface area (Å²) >= 11 is 0. The van der Waals surface area contributed by atoms with E-state index < -0.39 is 0 Å². The molecule has 0 fully saturated rings. The fraction of sp³-hybridized carbons (Fsp3) is 0.412. The van der Waals surface area contributed by atoms with Gasteiger partial charge in [-0.1, -0.05) is 12.1 Å². The lowest BCUT2D eigenvalue weighted by atomic mass is 10.2. The van der Waals surface area contributed by atoms with Crippen LogP contribution in [0.2, 0.25) is 0 Å². The predicted octanol–water partition coefficient (Wildman–Crippen LogP) is 2.64. The van der Waals surface area contributed by atoms with Crippen LogP contribution in [0.15, 0.2) is 24.3 Å². The monoisotopic (exact) mass is 318 g/mol. The van der Waals surface area contributed by atoms with Crippen molar-refractivity contribution in [3.8, 4) is 0 Å². The number of halogens is 1. The molecule has 1 aromatic heterocycles. The van der Waals surface area contributed by atoms with E-state index >= 15 is 0 Å². The minimum atomic E-state index is -0.320. The van der Waals surface area contributed by atoms with Gasteiger partial charge in [0, 0.05) is 13.6 Å². The molecule has 0 aliphatic carbocycles. The quantitative estimate of drug-likeness (QED) is 0.922. The van der Waals surface area contributed by atoms with Crippen LogP contribution in [-0.2, 0) is 18.4 Å². The highest BCUT2D eigenvalue weighted by Crippen LogP contribution is 2.19. The highest BCUT2D eigenvalue weighted by Gasteiger charge is 2.21. The van der Waals surface area contributed by atoms with E-state index in [-0.39, 0.29) is 17.8 Å².